The van der Waals surface area contributed by atoms with Gasteiger partial charge < -0.3 is 15.4 Å². The topological polar surface area (TPSA) is 63.2 Å². The van der Waals surface area contributed by atoms with Crippen LogP contribution in [0.15, 0.2) is 12.1 Å². The van der Waals surface area contributed by atoms with Crippen molar-refractivity contribution in [3.63, 3.8) is 0 Å². The van der Waals surface area contributed by atoms with Gasteiger partial charge in [-0.25, -0.2) is 0 Å². The van der Waals surface area contributed by atoms with Crippen LogP contribution >= 0.6 is 0 Å². The third-order valence-electron chi connectivity index (χ3n) is 2.50. The van der Waals surface area contributed by atoms with Crippen LogP contribution in [0.5, 0.6) is 5.75 Å². The van der Waals surface area contributed by atoms with Crippen molar-refractivity contribution in [2.45, 2.75) is 39.8 Å². The Kier molecular flexibility index (Phi) is 6.29. The molecule has 1 heterocycles. The van der Waals surface area contributed by atoms with E-state index in [-0.39, 0.29) is 11.9 Å². The zero-order chi connectivity index (χ0) is 14.3. The summed E-state index contributed by atoms with van der Waals surface area (Å²) >= 11 is 0. The highest BCUT2D eigenvalue weighted by molar-refractivity contribution is 5.76. The Balaban J connectivity index is 2.33. The van der Waals surface area contributed by atoms with E-state index in [0.717, 1.165) is 17.1 Å². The molecule has 5 heteroatoms. The first-order valence-corrected chi connectivity index (χ1v) is 6.53. The quantitative estimate of drug-likeness (QED) is 0.732. The first-order chi connectivity index (χ1) is 9.01. The van der Waals surface area contributed by atoms with E-state index < -0.39 is 0 Å². The SMILES string of the molecule is COc1cc(C)nc(CNCCC(=O)NC(C)C)c1. The summed E-state index contributed by atoms with van der Waals surface area (Å²) in [7, 11) is 1.64. The Morgan fingerprint density at radius 1 is 1.42 bits per heavy atom. The van der Waals surface area contributed by atoms with Gasteiger partial charge in [0.25, 0.3) is 0 Å². The minimum atomic E-state index is 0.0669. The second kappa shape index (κ2) is 7.74. The maximum absolute atomic E-state index is 11.4. The molecular formula is C14H23N3O2. The van der Waals surface area contributed by atoms with E-state index in [4.69, 9.17) is 4.74 Å². The van der Waals surface area contributed by atoms with Crippen molar-refractivity contribution >= 4 is 5.91 Å². The predicted octanol–water partition coefficient (Wildman–Crippen LogP) is 1.40. The number of nitrogens with one attached hydrogen (secondary N) is 2. The fourth-order valence-corrected chi connectivity index (χ4v) is 1.72. The molecule has 0 aliphatic carbocycles. The van der Waals surface area contributed by atoms with Crippen LogP contribution in [0.1, 0.15) is 31.7 Å². The van der Waals surface area contributed by atoms with E-state index in [1.807, 2.05) is 32.9 Å². The fraction of sp³-hybridized carbons (Fsp3) is 0.571. The summed E-state index contributed by atoms with van der Waals surface area (Å²) in [6, 6.07) is 3.98. The van der Waals surface area contributed by atoms with Gasteiger partial charge in [0.2, 0.25) is 5.91 Å². The van der Waals surface area contributed by atoms with Crippen molar-refractivity contribution in [2.75, 3.05) is 13.7 Å². The summed E-state index contributed by atoms with van der Waals surface area (Å²) < 4.78 is 5.19. The van der Waals surface area contributed by atoms with Crippen LogP contribution in [0.2, 0.25) is 0 Å². The van der Waals surface area contributed by atoms with Crippen LogP contribution in [-0.2, 0) is 11.3 Å². The number of methoxy groups -OCH3 is 1. The zero-order valence-corrected chi connectivity index (χ0v) is 12.1. The van der Waals surface area contributed by atoms with Gasteiger partial charge in [0.05, 0.1) is 12.8 Å². The molecule has 1 aromatic heterocycles. The number of hydrogen-bond donors (Lipinski definition) is 2. The second-order valence-corrected chi connectivity index (χ2v) is 4.79. The van der Waals surface area contributed by atoms with Crippen LogP contribution in [0.25, 0.3) is 0 Å². The maximum Gasteiger partial charge on any atom is 0.221 e. The molecule has 106 valence electrons. The Bertz CT molecular complexity index is 419. The Morgan fingerprint density at radius 3 is 2.79 bits per heavy atom. The maximum atomic E-state index is 11.4. The average Bonchev–Trinajstić information content (AvgIpc) is 2.33. The van der Waals surface area contributed by atoms with Gasteiger partial charge in [-0.3, -0.25) is 9.78 Å². The van der Waals surface area contributed by atoms with Crippen molar-refractivity contribution < 1.29 is 9.53 Å². The molecule has 0 unspecified atom stereocenters. The number of carbonyl (C=O) groups excluding carboxylic acids is 1. The molecule has 0 aliphatic heterocycles. The standard InChI is InChI=1S/C14H23N3O2/c1-10(2)16-14(18)5-6-15-9-12-8-13(19-4)7-11(3)17-12/h7-8,10,15H,5-6,9H2,1-4H3,(H,16,18). The molecule has 1 amide bonds. The summed E-state index contributed by atoms with van der Waals surface area (Å²) in [5.41, 5.74) is 1.84. The number of aromatic nitrogens is 1. The number of rotatable bonds is 7. The Hall–Kier alpha value is -1.62. The molecule has 0 bridgehead atoms. The second-order valence-electron chi connectivity index (χ2n) is 4.79. The van der Waals surface area contributed by atoms with Gasteiger partial charge in [0.15, 0.2) is 0 Å². The van der Waals surface area contributed by atoms with Crippen LogP contribution < -0.4 is 15.4 Å². The molecular weight excluding hydrogens is 242 g/mol. The molecule has 1 aromatic rings. The molecule has 0 aromatic carbocycles. The number of nitrogens with zero attached hydrogens (tertiary/aromatic N) is 1. The van der Waals surface area contributed by atoms with Crippen LogP contribution in [0.3, 0.4) is 0 Å². The number of hydrogen-bond acceptors (Lipinski definition) is 4. The molecule has 19 heavy (non-hydrogen) atoms. The summed E-state index contributed by atoms with van der Waals surface area (Å²) in [5.74, 6) is 0.874. The van der Waals surface area contributed by atoms with E-state index in [2.05, 4.69) is 15.6 Å². The van der Waals surface area contributed by atoms with Crippen LogP contribution in [0, 0.1) is 6.92 Å². The molecule has 5 nitrogen and oxygen atoms in total. The largest absolute Gasteiger partial charge is 0.497 e. The highest BCUT2D eigenvalue weighted by Crippen LogP contribution is 2.12. The third-order valence-corrected chi connectivity index (χ3v) is 2.50. The molecule has 2 N–H and O–H groups in total. The van der Waals surface area contributed by atoms with Gasteiger partial charge in [-0.05, 0) is 20.8 Å². The first-order valence-electron chi connectivity index (χ1n) is 6.53. The van der Waals surface area contributed by atoms with E-state index >= 15 is 0 Å². The molecule has 0 aliphatic rings. The molecule has 0 atom stereocenters. The lowest BCUT2D eigenvalue weighted by atomic mass is 10.3. The first kappa shape index (κ1) is 15.4. The van der Waals surface area contributed by atoms with Crippen molar-refractivity contribution in [3.8, 4) is 5.75 Å². The molecule has 0 fully saturated rings. The summed E-state index contributed by atoms with van der Waals surface area (Å²) in [6.07, 6.45) is 0.473. The third kappa shape index (κ3) is 6.20. The van der Waals surface area contributed by atoms with Crippen molar-refractivity contribution in [2.24, 2.45) is 0 Å². The number of aryl methyl sites for hydroxylation is 1. The lowest BCUT2D eigenvalue weighted by Crippen LogP contribution is -2.32. The monoisotopic (exact) mass is 265 g/mol. The van der Waals surface area contributed by atoms with E-state index in [1.165, 1.54) is 0 Å². The lowest BCUT2D eigenvalue weighted by molar-refractivity contribution is -0.121. The van der Waals surface area contributed by atoms with Crippen molar-refractivity contribution in [1.82, 2.24) is 15.6 Å². The number of carbonyl (C=O) groups is 1. The van der Waals surface area contributed by atoms with Crippen molar-refractivity contribution in [3.05, 3.63) is 23.5 Å². The fourth-order valence-electron chi connectivity index (χ4n) is 1.72. The van der Waals surface area contributed by atoms with Gasteiger partial charge in [-0.1, -0.05) is 0 Å². The lowest BCUT2D eigenvalue weighted by Gasteiger charge is -2.09. The minimum Gasteiger partial charge on any atom is -0.497 e. The highest BCUT2D eigenvalue weighted by Gasteiger charge is 2.03. The summed E-state index contributed by atoms with van der Waals surface area (Å²) in [6.45, 7) is 7.11. The van der Waals surface area contributed by atoms with Gasteiger partial charge in [0.1, 0.15) is 5.75 Å². The van der Waals surface area contributed by atoms with E-state index in [0.29, 0.717) is 19.5 Å². The number of pyridine rings is 1. The Morgan fingerprint density at radius 2 is 2.16 bits per heavy atom. The zero-order valence-electron chi connectivity index (χ0n) is 12.1. The van der Waals surface area contributed by atoms with Crippen LogP contribution in [-0.4, -0.2) is 30.6 Å². The average molecular weight is 265 g/mol. The van der Waals surface area contributed by atoms with Gasteiger partial charge >= 0.3 is 0 Å². The van der Waals surface area contributed by atoms with Crippen LogP contribution in [0.4, 0.5) is 0 Å². The van der Waals surface area contributed by atoms with Gasteiger partial charge in [-0.2, -0.15) is 0 Å². The summed E-state index contributed by atoms with van der Waals surface area (Å²) in [4.78, 5) is 15.8. The smallest absolute Gasteiger partial charge is 0.221 e. The normalized spacial score (nSPS) is 10.6. The molecule has 0 spiro atoms. The minimum absolute atomic E-state index is 0.0669. The number of amides is 1. The van der Waals surface area contributed by atoms with Gasteiger partial charge in [-0.15, -0.1) is 0 Å². The predicted molar refractivity (Wildman–Crippen MR) is 75.1 cm³/mol. The van der Waals surface area contributed by atoms with E-state index in [9.17, 15) is 4.79 Å². The molecule has 0 radical (unpaired) electrons. The van der Waals surface area contributed by atoms with Crippen molar-refractivity contribution in [1.29, 1.82) is 0 Å². The van der Waals surface area contributed by atoms with Gasteiger partial charge in [0, 0.05) is 43.4 Å². The summed E-state index contributed by atoms with van der Waals surface area (Å²) in [5, 5.41) is 6.06. The Labute approximate surface area is 114 Å². The van der Waals surface area contributed by atoms with E-state index in [1.54, 1.807) is 7.11 Å². The number of ether oxygens (including phenoxy) is 1. The highest BCUT2D eigenvalue weighted by atomic mass is 16.5. The molecule has 0 saturated heterocycles. The molecule has 1 rings (SSSR count). The molecule has 0 saturated carbocycles.